The summed E-state index contributed by atoms with van der Waals surface area (Å²) >= 11 is 0. The maximum absolute atomic E-state index is 13.6. The highest BCUT2D eigenvalue weighted by atomic mass is 16.5. The van der Waals surface area contributed by atoms with Crippen molar-refractivity contribution in [2.75, 3.05) is 13.2 Å². The average Bonchev–Trinajstić information content (AvgIpc) is 3.31. The lowest BCUT2D eigenvalue weighted by atomic mass is 9.77. The first-order valence-corrected chi connectivity index (χ1v) is 12.7. The topological polar surface area (TPSA) is 64.0 Å². The van der Waals surface area contributed by atoms with E-state index in [1.165, 1.54) is 5.57 Å². The van der Waals surface area contributed by atoms with E-state index in [1.54, 1.807) is 29.5 Å². The monoisotopic (exact) mass is 481 g/mol. The number of hydrogen-bond donors (Lipinski definition) is 0. The van der Waals surface area contributed by atoms with Gasteiger partial charge >= 0.3 is 0 Å². The van der Waals surface area contributed by atoms with Crippen molar-refractivity contribution < 1.29 is 14.3 Å². The van der Waals surface area contributed by atoms with Crippen LogP contribution in [-0.2, 0) is 0 Å². The van der Waals surface area contributed by atoms with Crippen molar-refractivity contribution in [2.24, 2.45) is 11.0 Å². The lowest BCUT2D eigenvalue weighted by molar-refractivity contribution is 0.0680. The van der Waals surface area contributed by atoms with Crippen molar-refractivity contribution in [3.63, 3.8) is 0 Å². The molecule has 0 spiro atoms. The Morgan fingerprint density at radius 1 is 1.00 bits per heavy atom. The molecule has 3 aromatic rings. The number of allylic oxidation sites excluding steroid dienone is 1. The van der Waals surface area contributed by atoms with Gasteiger partial charge in [-0.05, 0) is 92.3 Å². The number of amides is 1. The molecule has 2 aliphatic rings. The van der Waals surface area contributed by atoms with Crippen LogP contribution in [0.25, 0.3) is 6.08 Å². The third kappa shape index (κ3) is 4.89. The number of fused-ring (bicyclic) bond motifs is 1. The van der Waals surface area contributed by atoms with E-state index in [9.17, 15) is 4.79 Å². The molecule has 6 heteroatoms. The predicted octanol–water partition coefficient (Wildman–Crippen LogP) is 6.32. The summed E-state index contributed by atoms with van der Waals surface area (Å²) in [5, 5.41) is 6.65. The summed E-state index contributed by atoms with van der Waals surface area (Å²) in [6.07, 6.45) is 8.45. The number of hydrazone groups is 1. The molecule has 1 amide bonds. The van der Waals surface area contributed by atoms with E-state index in [4.69, 9.17) is 14.6 Å². The van der Waals surface area contributed by atoms with E-state index < -0.39 is 0 Å². The zero-order valence-corrected chi connectivity index (χ0v) is 20.8. The smallest absolute Gasteiger partial charge is 0.276 e. The average molecular weight is 482 g/mol. The van der Waals surface area contributed by atoms with Crippen molar-refractivity contribution in [1.29, 1.82) is 0 Å². The second-order valence-electron chi connectivity index (χ2n) is 8.99. The Kier molecular flexibility index (Phi) is 7.12. The first-order valence-electron chi connectivity index (χ1n) is 12.7. The van der Waals surface area contributed by atoms with Crippen molar-refractivity contribution >= 4 is 17.7 Å². The van der Waals surface area contributed by atoms with E-state index in [0.717, 1.165) is 47.6 Å². The fraction of sp³-hybridized carbons (Fsp3) is 0.300. The number of pyridine rings is 1. The highest BCUT2D eigenvalue weighted by Crippen LogP contribution is 2.45. The molecule has 0 unspecified atom stereocenters. The molecule has 36 heavy (non-hydrogen) atoms. The third-order valence-electron chi connectivity index (χ3n) is 6.68. The van der Waals surface area contributed by atoms with Gasteiger partial charge in [-0.15, -0.1) is 0 Å². The zero-order valence-electron chi connectivity index (χ0n) is 20.8. The van der Waals surface area contributed by atoms with Gasteiger partial charge in [-0.1, -0.05) is 24.3 Å². The molecule has 2 atom stereocenters. The summed E-state index contributed by atoms with van der Waals surface area (Å²) < 4.78 is 11.2. The highest BCUT2D eigenvalue weighted by Gasteiger charge is 2.44. The number of carbonyl (C=O) groups excluding carboxylic acids is 1. The quantitative estimate of drug-likeness (QED) is 0.396. The van der Waals surface area contributed by atoms with Crippen molar-refractivity contribution in [2.45, 2.75) is 39.2 Å². The van der Waals surface area contributed by atoms with Crippen LogP contribution in [0.5, 0.6) is 11.5 Å². The lowest BCUT2D eigenvalue weighted by Crippen LogP contribution is -2.32. The van der Waals surface area contributed by atoms with Crippen molar-refractivity contribution in [3.05, 3.63) is 95.3 Å². The number of nitrogens with zero attached hydrogens (tertiary/aromatic N) is 3. The number of carbonyl (C=O) groups is 1. The predicted molar refractivity (Wildman–Crippen MR) is 141 cm³/mol. The van der Waals surface area contributed by atoms with Crippen molar-refractivity contribution in [3.8, 4) is 11.5 Å². The van der Waals surface area contributed by atoms with Gasteiger partial charge in [0.2, 0.25) is 0 Å². The van der Waals surface area contributed by atoms with Gasteiger partial charge < -0.3 is 9.47 Å². The molecule has 5 rings (SSSR count). The Morgan fingerprint density at radius 2 is 1.69 bits per heavy atom. The Labute approximate surface area is 212 Å². The summed E-state index contributed by atoms with van der Waals surface area (Å²) in [5.41, 5.74) is 4.89. The largest absolute Gasteiger partial charge is 0.494 e. The van der Waals surface area contributed by atoms with Gasteiger partial charge in [0.1, 0.15) is 11.5 Å². The summed E-state index contributed by atoms with van der Waals surface area (Å²) in [4.78, 5) is 17.8. The van der Waals surface area contributed by atoms with Gasteiger partial charge in [-0.2, -0.15) is 5.10 Å². The minimum Gasteiger partial charge on any atom is -0.494 e. The normalized spacial score (nSPS) is 20.1. The molecule has 184 valence electrons. The molecule has 1 fully saturated rings. The number of ether oxygens (including phenoxy) is 2. The van der Waals surface area contributed by atoms with Crippen LogP contribution in [0, 0.1) is 5.92 Å². The molecule has 1 aromatic heterocycles. The standard InChI is InChI=1S/C30H31N3O3/c1-3-35-25-14-10-21(11-15-25)19-23-7-5-9-27-28(23)32-33(30(34)24-8-6-18-31-20-24)29(27)22-12-16-26(17-13-22)36-4-2/h6,8,10-20,27,29H,3-5,7,9H2,1-2H3/b23-19-/t27-,29+/m0/s1. The van der Waals surface area contributed by atoms with Crippen LogP contribution >= 0.6 is 0 Å². The number of aromatic nitrogens is 1. The number of rotatable bonds is 7. The summed E-state index contributed by atoms with van der Waals surface area (Å²) in [6, 6.07) is 19.6. The first-order chi connectivity index (χ1) is 17.7. The Hall–Kier alpha value is -3.93. The number of benzene rings is 2. The molecule has 0 saturated heterocycles. The Morgan fingerprint density at radius 3 is 2.33 bits per heavy atom. The van der Waals surface area contributed by atoms with E-state index in [0.29, 0.717) is 18.8 Å². The molecular weight excluding hydrogens is 450 g/mol. The fourth-order valence-electron chi connectivity index (χ4n) is 5.08. The van der Waals surface area contributed by atoms with E-state index in [1.807, 2.05) is 38.1 Å². The Bertz CT molecular complexity index is 1250. The highest BCUT2D eigenvalue weighted by molar-refractivity contribution is 6.09. The molecular formula is C30H31N3O3. The molecule has 6 nitrogen and oxygen atoms in total. The molecule has 2 heterocycles. The zero-order chi connectivity index (χ0) is 24.9. The summed E-state index contributed by atoms with van der Waals surface area (Å²) in [7, 11) is 0. The summed E-state index contributed by atoms with van der Waals surface area (Å²) in [6.45, 7) is 5.21. The molecule has 0 radical (unpaired) electrons. The molecule has 1 aliphatic heterocycles. The molecule has 0 N–H and O–H groups in total. The molecule has 2 aromatic carbocycles. The van der Waals surface area contributed by atoms with Crippen LogP contribution in [0.3, 0.4) is 0 Å². The second-order valence-corrected chi connectivity index (χ2v) is 8.99. The van der Waals surface area contributed by atoms with E-state index in [-0.39, 0.29) is 17.9 Å². The third-order valence-corrected chi connectivity index (χ3v) is 6.68. The van der Waals surface area contributed by atoms with Gasteiger partial charge in [0.05, 0.1) is 30.5 Å². The van der Waals surface area contributed by atoms with E-state index >= 15 is 0 Å². The van der Waals surface area contributed by atoms with Crippen LogP contribution in [-0.4, -0.2) is 34.8 Å². The maximum Gasteiger partial charge on any atom is 0.276 e. The van der Waals surface area contributed by atoms with Crippen LogP contribution in [0.1, 0.15) is 60.6 Å². The van der Waals surface area contributed by atoms with Gasteiger partial charge in [-0.3, -0.25) is 9.78 Å². The van der Waals surface area contributed by atoms with Gasteiger partial charge in [0.25, 0.3) is 5.91 Å². The maximum atomic E-state index is 13.6. The summed E-state index contributed by atoms with van der Waals surface area (Å²) in [5.74, 6) is 1.68. The fourth-order valence-corrected chi connectivity index (χ4v) is 5.08. The van der Waals surface area contributed by atoms with Gasteiger partial charge in [0, 0.05) is 18.3 Å². The lowest BCUT2D eigenvalue weighted by Gasteiger charge is -2.29. The molecule has 0 bridgehead atoms. The van der Waals surface area contributed by atoms with Crippen LogP contribution < -0.4 is 9.47 Å². The van der Waals surface area contributed by atoms with Gasteiger partial charge in [-0.25, -0.2) is 5.01 Å². The van der Waals surface area contributed by atoms with Crippen LogP contribution in [0.15, 0.2) is 83.7 Å². The first kappa shape index (κ1) is 23.8. The van der Waals surface area contributed by atoms with Crippen LogP contribution in [0.2, 0.25) is 0 Å². The minimum atomic E-state index is -0.174. The van der Waals surface area contributed by atoms with Gasteiger partial charge in [0.15, 0.2) is 0 Å². The second kappa shape index (κ2) is 10.8. The molecule has 1 saturated carbocycles. The Balaban J connectivity index is 1.51. The minimum absolute atomic E-state index is 0.131. The molecule has 1 aliphatic carbocycles. The van der Waals surface area contributed by atoms with Crippen LogP contribution in [0.4, 0.5) is 0 Å². The SMILES string of the molecule is CCOc1ccc(/C=C2/CCC[C@H]3C2=NN(C(=O)c2cccnc2)[C@@H]3c2ccc(OCC)cc2)cc1. The van der Waals surface area contributed by atoms with Crippen molar-refractivity contribution in [1.82, 2.24) is 9.99 Å². The van der Waals surface area contributed by atoms with E-state index in [2.05, 4.69) is 35.3 Å². The number of hydrogen-bond acceptors (Lipinski definition) is 5.